The van der Waals surface area contributed by atoms with E-state index in [0.717, 1.165) is 18.8 Å². The normalized spacial score (nSPS) is 31.3. The van der Waals surface area contributed by atoms with Crippen molar-refractivity contribution in [1.29, 1.82) is 0 Å². The number of nitrogens with one attached hydrogen (secondary N) is 1. The third-order valence-corrected chi connectivity index (χ3v) is 3.86. The number of nitrogens with zero attached hydrogens (tertiary/aromatic N) is 1. The quantitative estimate of drug-likeness (QED) is 0.762. The first kappa shape index (κ1) is 11.4. The Morgan fingerprint density at radius 2 is 2.12 bits per heavy atom. The summed E-state index contributed by atoms with van der Waals surface area (Å²) in [6, 6.07) is 0. The van der Waals surface area contributed by atoms with Gasteiger partial charge in [-0.3, -0.25) is 10.1 Å². The number of nitrogens with two attached hydrogens (primary N) is 1. The lowest BCUT2D eigenvalue weighted by Crippen LogP contribution is -2.39. The molecule has 2 rings (SSSR count). The molecule has 1 unspecified atom stereocenters. The van der Waals surface area contributed by atoms with Crippen molar-refractivity contribution in [3.8, 4) is 0 Å². The van der Waals surface area contributed by atoms with Crippen LogP contribution in [-0.4, -0.2) is 17.4 Å². The van der Waals surface area contributed by atoms with Crippen molar-refractivity contribution >= 4 is 11.9 Å². The van der Waals surface area contributed by atoms with E-state index in [1.54, 1.807) is 0 Å². The summed E-state index contributed by atoms with van der Waals surface area (Å²) in [4.78, 5) is 15.9. The van der Waals surface area contributed by atoms with Crippen molar-refractivity contribution in [3.05, 3.63) is 0 Å². The van der Waals surface area contributed by atoms with Gasteiger partial charge in [-0.05, 0) is 25.7 Å². The van der Waals surface area contributed by atoms with Crippen LogP contribution in [0.3, 0.4) is 0 Å². The second-order valence-electron chi connectivity index (χ2n) is 5.27. The van der Waals surface area contributed by atoms with Gasteiger partial charge < -0.3 is 5.73 Å². The summed E-state index contributed by atoms with van der Waals surface area (Å²) in [5.74, 6) is 1.02. The van der Waals surface area contributed by atoms with E-state index in [1.165, 1.54) is 32.1 Å². The van der Waals surface area contributed by atoms with E-state index in [-0.39, 0.29) is 11.9 Å². The van der Waals surface area contributed by atoms with Gasteiger partial charge >= 0.3 is 0 Å². The number of aliphatic imine (C=N–C) groups is 1. The van der Waals surface area contributed by atoms with Crippen LogP contribution in [0.4, 0.5) is 0 Å². The predicted molar refractivity (Wildman–Crippen MR) is 64.0 cm³/mol. The van der Waals surface area contributed by atoms with Gasteiger partial charge in [0.2, 0.25) is 0 Å². The molecule has 0 saturated heterocycles. The molecule has 0 spiro atoms. The molecular formula is C12H21N3O. The van der Waals surface area contributed by atoms with Crippen LogP contribution in [-0.2, 0) is 4.79 Å². The highest BCUT2D eigenvalue weighted by atomic mass is 16.2. The van der Waals surface area contributed by atoms with E-state index in [0.29, 0.717) is 0 Å². The minimum Gasteiger partial charge on any atom is -0.370 e. The molecule has 0 aromatic carbocycles. The van der Waals surface area contributed by atoms with Crippen molar-refractivity contribution in [3.63, 3.8) is 0 Å². The smallest absolute Gasteiger partial charge is 0.254 e. The lowest BCUT2D eigenvalue weighted by atomic mass is 9.82. The van der Waals surface area contributed by atoms with Gasteiger partial charge in [-0.15, -0.1) is 0 Å². The maximum absolute atomic E-state index is 11.7. The fraction of sp³-hybridized carbons (Fsp3) is 0.833. The molecule has 0 aromatic heterocycles. The van der Waals surface area contributed by atoms with Crippen LogP contribution in [0, 0.1) is 5.92 Å². The molecule has 1 heterocycles. The van der Waals surface area contributed by atoms with Crippen LogP contribution < -0.4 is 11.1 Å². The Balaban J connectivity index is 1.86. The van der Waals surface area contributed by atoms with Crippen LogP contribution in [0.1, 0.15) is 51.9 Å². The summed E-state index contributed by atoms with van der Waals surface area (Å²) in [7, 11) is 0. The molecule has 1 atom stereocenters. The minimum atomic E-state index is -0.610. The van der Waals surface area contributed by atoms with Gasteiger partial charge in [0.05, 0.1) is 0 Å². The predicted octanol–water partition coefficient (Wildman–Crippen LogP) is 1.55. The molecular weight excluding hydrogens is 202 g/mol. The topological polar surface area (TPSA) is 67.5 Å². The Labute approximate surface area is 96.7 Å². The zero-order chi connectivity index (χ0) is 11.6. The second kappa shape index (κ2) is 4.44. The van der Waals surface area contributed by atoms with Crippen LogP contribution in [0.15, 0.2) is 4.99 Å². The molecule has 3 N–H and O–H groups in total. The number of rotatable bonds is 3. The van der Waals surface area contributed by atoms with E-state index in [1.807, 2.05) is 6.92 Å². The number of carbonyl (C=O) groups is 1. The van der Waals surface area contributed by atoms with Crippen molar-refractivity contribution < 1.29 is 4.79 Å². The highest BCUT2D eigenvalue weighted by Crippen LogP contribution is 2.31. The summed E-state index contributed by atoms with van der Waals surface area (Å²) in [6.45, 7) is 1.88. The summed E-state index contributed by atoms with van der Waals surface area (Å²) in [6.07, 6.45) is 8.62. The Morgan fingerprint density at radius 3 is 2.69 bits per heavy atom. The van der Waals surface area contributed by atoms with Gasteiger partial charge in [-0.1, -0.05) is 32.1 Å². The Kier molecular flexibility index (Phi) is 3.17. The first-order chi connectivity index (χ1) is 7.60. The van der Waals surface area contributed by atoms with E-state index in [4.69, 9.17) is 5.73 Å². The molecule has 0 radical (unpaired) electrons. The Hall–Kier alpha value is -1.06. The lowest BCUT2D eigenvalue weighted by molar-refractivity contribution is -0.123. The first-order valence-electron chi connectivity index (χ1n) is 6.27. The summed E-state index contributed by atoms with van der Waals surface area (Å²) in [5, 5.41) is 2.58. The third-order valence-electron chi connectivity index (χ3n) is 3.86. The van der Waals surface area contributed by atoms with Crippen LogP contribution in [0.25, 0.3) is 0 Å². The number of guanidine groups is 1. The molecule has 1 amide bonds. The van der Waals surface area contributed by atoms with Gasteiger partial charge in [0, 0.05) is 0 Å². The Morgan fingerprint density at radius 1 is 1.44 bits per heavy atom. The highest BCUT2D eigenvalue weighted by molar-refractivity contribution is 6.06. The molecule has 16 heavy (non-hydrogen) atoms. The van der Waals surface area contributed by atoms with Crippen LogP contribution in [0.5, 0.6) is 0 Å². The van der Waals surface area contributed by atoms with Gasteiger partial charge in [-0.2, -0.15) is 0 Å². The molecule has 4 nitrogen and oxygen atoms in total. The van der Waals surface area contributed by atoms with E-state index in [2.05, 4.69) is 10.3 Å². The maximum atomic E-state index is 11.7. The zero-order valence-electron chi connectivity index (χ0n) is 9.96. The summed E-state index contributed by atoms with van der Waals surface area (Å²) < 4.78 is 0. The summed E-state index contributed by atoms with van der Waals surface area (Å²) >= 11 is 0. The molecule has 0 aromatic rings. The van der Waals surface area contributed by atoms with Gasteiger partial charge in [-0.25, -0.2) is 4.99 Å². The molecule has 1 aliphatic heterocycles. The number of amides is 1. The standard InChI is InChI=1S/C12H21N3O/c1-12(10(16)14-11(13)15-12)8-7-9-5-3-2-4-6-9/h9H,2-8H2,1H3,(H3,13,14,15,16). The SMILES string of the molecule is CC1(CCC2CCCCC2)N=C(N)NC1=O. The van der Waals surface area contributed by atoms with Crippen molar-refractivity contribution in [2.45, 2.75) is 57.4 Å². The van der Waals surface area contributed by atoms with Gasteiger partial charge in [0.25, 0.3) is 5.91 Å². The molecule has 0 bridgehead atoms. The van der Waals surface area contributed by atoms with E-state index < -0.39 is 5.54 Å². The molecule has 1 fully saturated rings. The van der Waals surface area contributed by atoms with E-state index >= 15 is 0 Å². The molecule has 4 heteroatoms. The molecule has 2 aliphatic rings. The van der Waals surface area contributed by atoms with Crippen LogP contribution >= 0.6 is 0 Å². The van der Waals surface area contributed by atoms with Crippen molar-refractivity contribution in [1.82, 2.24) is 5.32 Å². The van der Waals surface area contributed by atoms with Crippen molar-refractivity contribution in [2.24, 2.45) is 16.6 Å². The monoisotopic (exact) mass is 223 g/mol. The molecule has 1 saturated carbocycles. The van der Waals surface area contributed by atoms with Crippen LogP contribution in [0.2, 0.25) is 0 Å². The van der Waals surface area contributed by atoms with E-state index in [9.17, 15) is 4.79 Å². The maximum Gasteiger partial charge on any atom is 0.254 e. The zero-order valence-corrected chi connectivity index (χ0v) is 9.96. The fourth-order valence-corrected chi connectivity index (χ4v) is 2.73. The minimum absolute atomic E-state index is 0.0409. The largest absolute Gasteiger partial charge is 0.370 e. The van der Waals surface area contributed by atoms with Crippen molar-refractivity contribution in [2.75, 3.05) is 0 Å². The average Bonchev–Trinajstić information content (AvgIpc) is 2.52. The molecule has 1 aliphatic carbocycles. The summed E-state index contributed by atoms with van der Waals surface area (Å²) in [5.41, 5.74) is 4.92. The average molecular weight is 223 g/mol. The second-order valence-corrected chi connectivity index (χ2v) is 5.27. The third kappa shape index (κ3) is 2.36. The highest BCUT2D eigenvalue weighted by Gasteiger charge is 2.38. The molecule has 90 valence electrons. The first-order valence-corrected chi connectivity index (χ1v) is 6.27. The number of hydrogen-bond donors (Lipinski definition) is 2. The fourth-order valence-electron chi connectivity index (χ4n) is 2.73. The van der Waals surface area contributed by atoms with Gasteiger partial charge in [0.1, 0.15) is 5.54 Å². The number of carbonyl (C=O) groups excluding carboxylic acids is 1. The number of hydrogen-bond acceptors (Lipinski definition) is 3. The van der Waals surface area contributed by atoms with Gasteiger partial charge in [0.15, 0.2) is 5.96 Å². The Bertz CT molecular complexity index is 307. The lowest BCUT2D eigenvalue weighted by Gasteiger charge is -2.25.